The van der Waals surface area contributed by atoms with Crippen molar-refractivity contribution in [2.45, 2.75) is 20.4 Å². The predicted octanol–water partition coefficient (Wildman–Crippen LogP) is 0.500. The fourth-order valence-electron chi connectivity index (χ4n) is 1.55. The van der Waals surface area contributed by atoms with E-state index in [1.54, 1.807) is 0 Å². The number of nitrogens with zero attached hydrogens (tertiary/aromatic N) is 2. The van der Waals surface area contributed by atoms with E-state index in [1.807, 2.05) is 32.0 Å². The Hall–Kier alpha value is -0.980. The van der Waals surface area contributed by atoms with Gasteiger partial charge in [0.2, 0.25) is 10.0 Å². The Morgan fingerprint density at radius 1 is 1.41 bits per heavy atom. The summed E-state index contributed by atoms with van der Waals surface area (Å²) in [6.07, 6.45) is 0. The van der Waals surface area contributed by atoms with Gasteiger partial charge >= 0.3 is 0 Å². The van der Waals surface area contributed by atoms with Crippen LogP contribution in [0.5, 0.6) is 0 Å². The van der Waals surface area contributed by atoms with E-state index in [0.717, 1.165) is 11.4 Å². The zero-order chi connectivity index (χ0) is 12.9. The lowest BCUT2D eigenvalue weighted by Gasteiger charge is -2.19. The number of hydrogen-bond acceptors (Lipinski definition) is 4. The third-order valence-electron chi connectivity index (χ3n) is 2.41. The van der Waals surface area contributed by atoms with Gasteiger partial charge in [0, 0.05) is 18.8 Å². The number of pyridine rings is 1. The highest BCUT2D eigenvalue weighted by Crippen LogP contribution is 2.08. The van der Waals surface area contributed by atoms with Crippen LogP contribution in [0, 0.1) is 6.92 Å². The second-order valence-corrected chi connectivity index (χ2v) is 5.89. The summed E-state index contributed by atoms with van der Waals surface area (Å²) in [5.41, 5.74) is 6.94. The molecule has 0 aliphatic heterocycles. The SMILES string of the molecule is CCN(Cc1cccc(C)n1)S(=O)(=O)CCN. The van der Waals surface area contributed by atoms with Crippen LogP contribution in [0.15, 0.2) is 18.2 Å². The van der Waals surface area contributed by atoms with Crippen LogP contribution in [0.25, 0.3) is 0 Å². The van der Waals surface area contributed by atoms with E-state index in [4.69, 9.17) is 5.73 Å². The van der Waals surface area contributed by atoms with Crippen molar-refractivity contribution in [3.8, 4) is 0 Å². The molecule has 0 aromatic carbocycles. The first-order chi connectivity index (χ1) is 7.99. The molecule has 0 aliphatic carbocycles. The molecule has 0 saturated heterocycles. The summed E-state index contributed by atoms with van der Waals surface area (Å²) in [6, 6.07) is 5.59. The molecule has 1 aromatic heterocycles. The minimum Gasteiger partial charge on any atom is -0.329 e. The van der Waals surface area contributed by atoms with Gasteiger partial charge in [-0.1, -0.05) is 13.0 Å². The van der Waals surface area contributed by atoms with Crippen molar-refractivity contribution in [2.24, 2.45) is 5.73 Å². The predicted molar refractivity (Wildman–Crippen MR) is 67.9 cm³/mol. The first-order valence-corrected chi connectivity index (χ1v) is 7.21. The molecule has 1 rings (SSSR count). The Morgan fingerprint density at radius 2 is 2.12 bits per heavy atom. The molecule has 2 N–H and O–H groups in total. The first-order valence-electron chi connectivity index (χ1n) is 5.60. The fraction of sp³-hybridized carbons (Fsp3) is 0.545. The summed E-state index contributed by atoms with van der Waals surface area (Å²) < 4.78 is 25.1. The van der Waals surface area contributed by atoms with E-state index in [2.05, 4.69) is 4.98 Å². The molecule has 0 unspecified atom stereocenters. The Bertz CT molecular complexity index is 460. The molecule has 0 saturated carbocycles. The van der Waals surface area contributed by atoms with Crippen molar-refractivity contribution in [1.82, 2.24) is 9.29 Å². The van der Waals surface area contributed by atoms with Crippen molar-refractivity contribution in [2.75, 3.05) is 18.8 Å². The lowest BCUT2D eigenvalue weighted by atomic mass is 10.3. The molecule has 0 spiro atoms. The largest absolute Gasteiger partial charge is 0.329 e. The van der Waals surface area contributed by atoms with Crippen molar-refractivity contribution in [3.63, 3.8) is 0 Å². The number of rotatable bonds is 6. The molecule has 6 heteroatoms. The lowest BCUT2D eigenvalue weighted by molar-refractivity contribution is 0.419. The molecule has 1 aromatic rings. The zero-order valence-electron chi connectivity index (χ0n) is 10.3. The van der Waals surface area contributed by atoms with Crippen molar-refractivity contribution in [3.05, 3.63) is 29.6 Å². The van der Waals surface area contributed by atoms with Crippen LogP contribution in [0.3, 0.4) is 0 Å². The summed E-state index contributed by atoms with van der Waals surface area (Å²) in [5.74, 6) is -0.0212. The second-order valence-electron chi connectivity index (χ2n) is 3.80. The molecular weight excluding hydrogens is 238 g/mol. The highest BCUT2D eigenvalue weighted by atomic mass is 32.2. The van der Waals surface area contributed by atoms with Crippen molar-refractivity contribution >= 4 is 10.0 Å². The number of hydrogen-bond donors (Lipinski definition) is 1. The van der Waals surface area contributed by atoms with Gasteiger partial charge in [0.05, 0.1) is 18.0 Å². The van der Waals surface area contributed by atoms with E-state index in [1.165, 1.54) is 4.31 Å². The maximum atomic E-state index is 11.9. The van der Waals surface area contributed by atoms with Gasteiger partial charge < -0.3 is 5.73 Å². The molecule has 0 aliphatic rings. The monoisotopic (exact) mass is 257 g/mol. The number of aromatic nitrogens is 1. The molecule has 0 radical (unpaired) electrons. The van der Waals surface area contributed by atoms with E-state index in [-0.39, 0.29) is 12.3 Å². The number of sulfonamides is 1. The van der Waals surface area contributed by atoms with Gasteiger partial charge in [0.1, 0.15) is 0 Å². The van der Waals surface area contributed by atoms with Crippen LogP contribution in [0.1, 0.15) is 18.3 Å². The highest BCUT2D eigenvalue weighted by molar-refractivity contribution is 7.89. The van der Waals surface area contributed by atoms with E-state index in [9.17, 15) is 8.42 Å². The molecule has 96 valence electrons. The standard InChI is InChI=1S/C11H19N3O2S/c1-3-14(17(15,16)8-7-12)9-11-6-4-5-10(2)13-11/h4-6H,3,7-9,12H2,1-2H3. The minimum absolute atomic E-state index is 0.0212. The smallest absolute Gasteiger partial charge is 0.215 e. The lowest BCUT2D eigenvalue weighted by Crippen LogP contribution is -2.35. The summed E-state index contributed by atoms with van der Waals surface area (Å²) in [5, 5.41) is 0. The molecule has 17 heavy (non-hydrogen) atoms. The summed E-state index contributed by atoms with van der Waals surface area (Å²) in [7, 11) is -3.27. The maximum Gasteiger partial charge on any atom is 0.215 e. The Kier molecular flexibility index (Phi) is 5.04. The fourth-order valence-corrected chi connectivity index (χ4v) is 2.83. The molecular formula is C11H19N3O2S. The topological polar surface area (TPSA) is 76.3 Å². The van der Waals surface area contributed by atoms with Gasteiger partial charge in [0.15, 0.2) is 0 Å². The quantitative estimate of drug-likeness (QED) is 0.805. The van der Waals surface area contributed by atoms with Crippen LogP contribution in [0.2, 0.25) is 0 Å². The summed E-state index contributed by atoms with van der Waals surface area (Å²) in [4.78, 5) is 4.30. The summed E-state index contributed by atoms with van der Waals surface area (Å²) in [6.45, 7) is 4.57. The Labute approximate surface area is 103 Å². The van der Waals surface area contributed by atoms with Crippen LogP contribution in [-0.2, 0) is 16.6 Å². The van der Waals surface area contributed by atoms with Crippen molar-refractivity contribution in [1.29, 1.82) is 0 Å². The molecule has 0 fully saturated rings. The number of aryl methyl sites for hydroxylation is 1. The molecule has 0 amide bonds. The van der Waals surface area contributed by atoms with Crippen LogP contribution in [0.4, 0.5) is 0 Å². The molecule has 5 nitrogen and oxygen atoms in total. The zero-order valence-corrected chi connectivity index (χ0v) is 11.1. The molecule has 0 atom stereocenters. The molecule has 1 heterocycles. The average molecular weight is 257 g/mol. The summed E-state index contributed by atoms with van der Waals surface area (Å²) >= 11 is 0. The van der Waals surface area contributed by atoms with Gasteiger partial charge in [-0.3, -0.25) is 4.98 Å². The van der Waals surface area contributed by atoms with Gasteiger partial charge in [-0.05, 0) is 19.1 Å². The van der Waals surface area contributed by atoms with Crippen LogP contribution >= 0.6 is 0 Å². The highest BCUT2D eigenvalue weighted by Gasteiger charge is 2.19. The third-order valence-corrected chi connectivity index (χ3v) is 4.33. The molecule has 0 bridgehead atoms. The van der Waals surface area contributed by atoms with Crippen LogP contribution < -0.4 is 5.73 Å². The van der Waals surface area contributed by atoms with E-state index in [0.29, 0.717) is 13.1 Å². The van der Waals surface area contributed by atoms with Gasteiger partial charge in [0.25, 0.3) is 0 Å². The van der Waals surface area contributed by atoms with Gasteiger partial charge in [-0.2, -0.15) is 4.31 Å². The van der Waals surface area contributed by atoms with Gasteiger partial charge in [-0.15, -0.1) is 0 Å². The minimum atomic E-state index is -3.27. The maximum absolute atomic E-state index is 11.9. The Morgan fingerprint density at radius 3 is 2.65 bits per heavy atom. The van der Waals surface area contributed by atoms with E-state index < -0.39 is 10.0 Å². The number of nitrogens with two attached hydrogens (primary N) is 1. The first kappa shape index (κ1) is 14.1. The third kappa shape index (κ3) is 4.07. The average Bonchev–Trinajstić information content (AvgIpc) is 2.25. The normalized spacial score (nSPS) is 12.0. The van der Waals surface area contributed by atoms with Crippen LogP contribution in [-0.4, -0.2) is 36.5 Å². The second kappa shape index (κ2) is 6.09. The van der Waals surface area contributed by atoms with E-state index >= 15 is 0 Å². The van der Waals surface area contributed by atoms with Gasteiger partial charge in [-0.25, -0.2) is 8.42 Å². The Balaban J connectivity index is 2.84. The van der Waals surface area contributed by atoms with Crippen molar-refractivity contribution < 1.29 is 8.42 Å².